The molecule has 0 amide bonds. The van der Waals surface area contributed by atoms with Crippen LogP contribution in [0.5, 0.6) is 5.75 Å². The molecule has 6 nitrogen and oxygen atoms in total. The lowest BCUT2D eigenvalue weighted by molar-refractivity contribution is 0.136. The predicted molar refractivity (Wildman–Crippen MR) is 120 cm³/mol. The summed E-state index contributed by atoms with van der Waals surface area (Å²) in [5.41, 5.74) is 2.30. The third-order valence-electron chi connectivity index (χ3n) is 4.26. The molecule has 2 rings (SSSR count). The molecule has 0 spiro atoms. The Balaban J connectivity index is 0.00000364. The summed E-state index contributed by atoms with van der Waals surface area (Å²) in [6.07, 6.45) is 3.36. The van der Waals surface area contributed by atoms with E-state index in [0.717, 1.165) is 56.3 Å². The number of ether oxygens (including phenoxy) is 3. The molecular weight excluding hydrogens is 457 g/mol. The van der Waals surface area contributed by atoms with Crippen molar-refractivity contribution in [1.82, 2.24) is 10.6 Å². The molecule has 27 heavy (non-hydrogen) atoms. The highest BCUT2D eigenvalue weighted by molar-refractivity contribution is 14.0. The number of halogens is 1. The first-order valence-corrected chi connectivity index (χ1v) is 9.59. The minimum atomic E-state index is 0. The molecular formula is C20H34IN3O3. The maximum atomic E-state index is 6.14. The molecule has 1 aromatic carbocycles. The molecule has 0 aromatic heterocycles. The highest BCUT2D eigenvalue weighted by Crippen LogP contribution is 2.23. The van der Waals surface area contributed by atoms with Crippen molar-refractivity contribution in [1.29, 1.82) is 0 Å². The summed E-state index contributed by atoms with van der Waals surface area (Å²) in [4.78, 5) is 4.27. The largest absolute Gasteiger partial charge is 0.488 e. The van der Waals surface area contributed by atoms with E-state index in [4.69, 9.17) is 14.2 Å². The number of aryl methyl sites for hydroxylation is 1. The minimum Gasteiger partial charge on any atom is -0.488 e. The van der Waals surface area contributed by atoms with Crippen LogP contribution >= 0.6 is 24.0 Å². The number of rotatable bonds is 10. The van der Waals surface area contributed by atoms with Crippen molar-refractivity contribution in [3.63, 3.8) is 0 Å². The number of unbranched alkanes of at least 4 members (excludes halogenated alkanes) is 1. The van der Waals surface area contributed by atoms with Gasteiger partial charge in [-0.05, 0) is 25.0 Å². The fourth-order valence-corrected chi connectivity index (χ4v) is 2.69. The standard InChI is InChI=1S/C20H33N3O3.HI/c1-4-5-10-24-12-9-22-20(21-3)23-14-17-7-6-16(2)13-19(17)26-18-8-11-25-15-18;/h6-7,13,18H,4-5,8-12,14-15H2,1-3H3,(H2,21,22,23);1H. The molecule has 7 heteroatoms. The first-order valence-electron chi connectivity index (χ1n) is 9.59. The Morgan fingerprint density at radius 2 is 2.15 bits per heavy atom. The molecule has 1 heterocycles. The van der Waals surface area contributed by atoms with Gasteiger partial charge in [0.2, 0.25) is 0 Å². The average molecular weight is 491 g/mol. The third kappa shape index (κ3) is 9.12. The lowest BCUT2D eigenvalue weighted by Crippen LogP contribution is -2.38. The fourth-order valence-electron chi connectivity index (χ4n) is 2.69. The highest BCUT2D eigenvalue weighted by Gasteiger charge is 2.18. The summed E-state index contributed by atoms with van der Waals surface area (Å²) in [6.45, 7) is 8.58. The highest BCUT2D eigenvalue weighted by atomic mass is 127. The Labute approximate surface area is 180 Å². The van der Waals surface area contributed by atoms with Crippen molar-refractivity contribution in [2.24, 2.45) is 4.99 Å². The molecule has 0 saturated carbocycles. The second-order valence-corrected chi connectivity index (χ2v) is 6.53. The summed E-state index contributed by atoms with van der Waals surface area (Å²) in [5, 5.41) is 6.62. The van der Waals surface area contributed by atoms with Crippen LogP contribution in [-0.2, 0) is 16.0 Å². The minimum absolute atomic E-state index is 0. The van der Waals surface area contributed by atoms with Crippen LogP contribution in [0.25, 0.3) is 0 Å². The van der Waals surface area contributed by atoms with Crippen molar-refractivity contribution in [2.75, 3.05) is 40.0 Å². The van der Waals surface area contributed by atoms with E-state index in [1.165, 1.54) is 5.56 Å². The van der Waals surface area contributed by atoms with Gasteiger partial charge in [0, 0.05) is 38.7 Å². The van der Waals surface area contributed by atoms with Gasteiger partial charge in [0.15, 0.2) is 5.96 Å². The van der Waals surface area contributed by atoms with Crippen molar-refractivity contribution < 1.29 is 14.2 Å². The van der Waals surface area contributed by atoms with E-state index in [-0.39, 0.29) is 30.1 Å². The Hall–Kier alpha value is -1.06. The Morgan fingerprint density at radius 3 is 2.85 bits per heavy atom. The van der Waals surface area contributed by atoms with E-state index in [2.05, 4.69) is 47.7 Å². The van der Waals surface area contributed by atoms with Crippen LogP contribution < -0.4 is 15.4 Å². The number of hydrogen-bond donors (Lipinski definition) is 2. The fraction of sp³-hybridized carbons (Fsp3) is 0.650. The smallest absolute Gasteiger partial charge is 0.191 e. The molecule has 1 aliphatic rings. The van der Waals surface area contributed by atoms with Gasteiger partial charge in [-0.1, -0.05) is 25.5 Å². The maximum Gasteiger partial charge on any atom is 0.191 e. The molecule has 0 aliphatic carbocycles. The summed E-state index contributed by atoms with van der Waals surface area (Å²) in [5.74, 6) is 1.69. The molecule has 1 fully saturated rings. The van der Waals surface area contributed by atoms with Gasteiger partial charge in [0.25, 0.3) is 0 Å². The quantitative estimate of drug-likeness (QED) is 0.228. The second-order valence-electron chi connectivity index (χ2n) is 6.53. The number of hydrogen-bond acceptors (Lipinski definition) is 4. The van der Waals surface area contributed by atoms with Crippen LogP contribution in [0.1, 0.15) is 37.3 Å². The third-order valence-corrected chi connectivity index (χ3v) is 4.26. The molecule has 1 saturated heterocycles. The zero-order valence-electron chi connectivity index (χ0n) is 16.8. The summed E-state index contributed by atoms with van der Waals surface area (Å²) >= 11 is 0. The van der Waals surface area contributed by atoms with Crippen LogP contribution in [0.4, 0.5) is 0 Å². The molecule has 1 unspecified atom stereocenters. The van der Waals surface area contributed by atoms with Gasteiger partial charge < -0.3 is 24.8 Å². The Kier molecular flexibility index (Phi) is 12.4. The van der Waals surface area contributed by atoms with Crippen molar-refractivity contribution >= 4 is 29.9 Å². The van der Waals surface area contributed by atoms with E-state index in [9.17, 15) is 0 Å². The number of aliphatic imine (C=N–C) groups is 1. The van der Waals surface area contributed by atoms with E-state index in [0.29, 0.717) is 19.8 Å². The van der Waals surface area contributed by atoms with Gasteiger partial charge in [-0.2, -0.15) is 0 Å². The Morgan fingerprint density at radius 1 is 1.30 bits per heavy atom. The SMILES string of the molecule is CCCCOCCNC(=NC)NCc1ccc(C)cc1OC1CCOC1.I. The first kappa shape index (κ1) is 24.0. The molecule has 1 atom stereocenters. The van der Waals surface area contributed by atoms with E-state index in [1.54, 1.807) is 7.05 Å². The van der Waals surface area contributed by atoms with Crippen LogP contribution in [-0.4, -0.2) is 52.1 Å². The maximum absolute atomic E-state index is 6.14. The zero-order chi connectivity index (χ0) is 18.6. The normalized spacial score (nSPS) is 16.7. The predicted octanol–water partition coefficient (Wildman–Crippen LogP) is 3.26. The molecule has 1 aromatic rings. The molecule has 1 aliphatic heterocycles. The lowest BCUT2D eigenvalue weighted by Gasteiger charge is -2.18. The van der Waals surface area contributed by atoms with Crippen LogP contribution in [0.15, 0.2) is 23.2 Å². The van der Waals surface area contributed by atoms with E-state index >= 15 is 0 Å². The number of nitrogens with zero attached hydrogens (tertiary/aromatic N) is 1. The summed E-state index contributed by atoms with van der Waals surface area (Å²) in [6, 6.07) is 6.30. The topological polar surface area (TPSA) is 64.1 Å². The van der Waals surface area contributed by atoms with Gasteiger partial charge in [-0.15, -0.1) is 24.0 Å². The van der Waals surface area contributed by atoms with Crippen LogP contribution in [0, 0.1) is 6.92 Å². The zero-order valence-corrected chi connectivity index (χ0v) is 19.1. The second kappa shape index (κ2) is 14.0. The van der Waals surface area contributed by atoms with Gasteiger partial charge in [0.05, 0.1) is 19.8 Å². The monoisotopic (exact) mass is 491 g/mol. The van der Waals surface area contributed by atoms with E-state index in [1.807, 2.05) is 0 Å². The van der Waals surface area contributed by atoms with Crippen molar-refractivity contribution in [3.8, 4) is 5.75 Å². The van der Waals surface area contributed by atoms with Gasteiger partial charge >= 0.3 is 0 Å². The van der Waals surface area contributed by atoms with Crippen LogP contribution in [0.3, 0.4) is 0 Å². The van der Waals surface area contributed by atoms with Gasteiger partial charge in [-0.3, -0.25) is 4.99 Å². The van der Waals surface area contributed by atoms with Gasteiger partial charge in [-0.25, -0.2) is 0 Å². The van der Waals surface area contributed by atoms with Crippen molar-refractivity contribution in [3.05, 3.63) is 29.3 Å². The van der Waals surface area contributed by atoms with Gasteiger partial charge in [0.1, 0.15) is 11.9 Å². The number of guanidine groups is 1. The Bertz CT molecular complexity index is 563. The first-order chi connectivity index (χ1) is 12.7. The van der Waals surface area contributed by atoms with Crippen molar-refractivity contribution in [2.45, 2.75) is 45.8 Å². The summed E-state index contributed by atoms with van der Waals surface area (Å²) < 4.78 is 17.1. The molecule has 0 radical (unpaired) electrons. The molecule has 2 N–H and O–H groups in total. The number of benzene rings is 1. The van der Waals surface area contributed by atoms with Crippen LogP contribution in [0.2, 0.25) is 0 Å². The average Bonchev–Trinajstić information content (AvgIpc) is 3.15. The lowest BCUT2D eigenvalue weighted by atomic mass is 10.1. The van der Waals surface area contributed by atoms with E-state index < -0.39 is 0 Å². The number of nitrogens with one attached hydrogen (secondary N) is 2. The molecule has 0 bridgehead atoms. The summed E-state index contributed by atoms with van der Waals surface area (Å²) in [7, 11) is 1.77. The molecule has 154 valence electrons.